The number of imidazole rings is 1. The summed E-state index contributed by atoms with van der Waals surface area (Å²) in [5.41, 5.74) is 6.80. The maximum atomic E-state index is 13.3. The third-order valence-electron chi connectivity index (χ3n) is 8.80. The number of methoxy groups -OCH3 is 1. The first-order valence-electron chi connectivity index (χ1n) is 14.8. The van der Waals surface area contributed by atoms with E-state index in [1.165, 1.54) is 11.6 Å². The van der Waals surface area contributed by atoms with Crippen LogP contribution in [-0.2, 0) is 16.1 Å². The second-order valence-electron chi connectivity index (χ2n) is 11.5. The highest BCUT2D eigenvalue weighted by Gasteiger charge is 2.32. The lowest BCUT2D eigenvalue weighted by atomic mass is 9.86. The Labute approximate surface area is 245 Å². The lowest BCUT2D eigenvalue weighted by Crippen LogP contribution is -2.50. The first kappa shape index (κ1) is 28.1. The third kappa shape index (κ3) is 5.80. The number of rotatable bonds is 7. The number of piperazine rings is 1. The fourth-order valence-corrected chi connectivity index (χ4v) is 6.34. The predicted octanol–water partition coefficient (Wildman–Crippen LogP) is 5.73. The van der Waals surface area contributed by atoms with Crippen LogP contribution in [0.1, 0.15) is 36.9 Å². The fraction of sp³-hybridized carbons (Fsp3) is 0.394. The van der Waals surface area contributed by atoms with E-state index < -0.39 is 0 Å². The number of aryl methyl sites for hydroxylation is 1. The molecule has 1 amide bonds. The Kier molecular flexibility index (Phi) is 8.04. The zero-order valence-electron chi connectivity index (χ0n) is 24.2. The summed E-state index contributed by atoms with van der Waals surface area (Å²) in [5.74, 6) is 0.336. The first-order valence-corrected chi connectivity index (χ1v) is 14.8. The summed E-state index contributed by atoms with van der Waals surface area (Å²) in [5, 5.41) is 11.4. The minimum atomic E-state index is -0.366. The van der Waals surface area contributed by atoms with Crippen LogP contribution in [0.15, 0.2) is 66.9 Å². The molecule has 0 unspecified atom stereocenters. The van der Waals surface area contributed by atoms with E-state index in [2.05, 4.69) is 40.5 Å². The molecule has 0 N–H and O–H groups in total. The molecule has 1 aliphatic heterocycles. The smallest absolute Gasteiger partial charge is 0.270 e. The number of aromatic nitrogens is 2. The standard InChI is InChI=1S/C33H37N5O4/c1-23-9-11-24(12-10-23)32-30(22-35-15-17-36(18-16-35)33(39)26-6-4-8-29(20-26)42-2)37-21-27(13-14-31(37)34-32)25-5-3-7-28(19-25)38(40)41/h3,5,7,9-14,19,21,26,29H,4,6,8,15-18,20,22H2,1-2H3/t26-,29-/m0/s1. The number of non-ortho nitro benzene ring substituents is 1. The third-order valence-corrected chi connectivity index (χ3v) is 8.80. The van der Waals surface area contributed by atoms with E-state index in [9.17, 15) is 14.9 Å². The number of hydrogen-bond donors (Lipinski definition) is 0. The molecular weight excluding hydrogens is 530 g/mol. The van der Waals surface area contributed by atoms with Crippen molar-refractivity contribution in [3.05, 3.63) is 88.2 Å². The van der Waals surface area contributed by atoms with Crippen molar-refractivity contribution >= 4 is 17.2 Å². The van der Waals surface area contributed by atoms with Crippen molar-refractivity contribution in [3.63, 3.8) is 0 Å². The van der Waals surface area contributed by atoms with Gasteiger partial charge in [-0.05, 0) is 49.4 Å². The molecule has 2 aliphatic rings. The van der Waals surface area contributed by atoms with Gasteiger partial charge in [-0.3, -0.25) is 19.8 Å². The molecule has 0 spiro atoms. The number of benzene rings is 2. The van der Waals surface area contributed by atoms with Crippen LogP contribution in [0.25, 0.3) is 28.0 Å². The number of pyridine rings is 1. The zero-order chi connectivity index (χ0) is 29.2. The lowest BCUT2D eigenvalue weighted by Gasteiger charge is -2.38. The molecule has 2 fully saturated rings. The largest absolute Gasteiger partial charge is 0.381 e. The maximum Gasteiger partial charge on any atom is 0.270 e. The van der Waals surface area contributed by atoms with Crippen LogP contribution in [-0.4, -0.2) is 69.4 Å². The Balaban J connectivity index is 1.27. The topological polar surface area (TPSA) is 93.2 Å². The van der Waals surface area contributed by atoms with Crippen molar-refractivity contribution in [1.29, 1.82) is 0 Å². The van der Waals surface area contributed by atoms with Crippen LogP contribution in [0.4, 0.5) is 5.69 Å². The summed E-state index contributed by atoms with van der Waals surface area (Å²) in [6.07, 6.45) is 6.08. The van der Waals surface area contributed by atoms with Crippen molar-refractivity contribution < 1.29 is 14.5 Å². The zero-order valence-corrected chi connectivity index (χ0v) is 24.2. The quantitative estimate of drug-likeness (QED) is 0.209. The van der Waals surface area contributed by atoms with E-state index in [1.807, 2.05) is 29.3 Å². The van der Waals surface area contributed by atoms with Crippen LogP contribution in [0.3, 0.4) is 0 Å². The average molecular weight is 568 g/mol. The van der Waals surface area contributed by atoms with Crippen molar-refractivity contribution in [2.45, 2.75) is 45.3 Å². The molecule has 9 heteroatoms. The number of hydrogen-bond acceptors (Lipinski definition) is 6. The summed E-state index contributed by atoms with van der Waals surface area (Å²) in [7, 11) is 1.74. The monoisotopic (exact) mass is 567 g/mol. The molecule has 0 radical (unpaired) electrons. The van der Waals surface area contributed by atoms with Gasteiger partial charge in [-0.2, -0.15) is 0 Å². The first-order chi connectivity index (χ1) is 20.4. The Morgan fingerprint density at radius 3 is 2.50 bits per heavy atom. The van der Waals surface area contributed by atoms with Crippen molar-refractivity contribution in [3.8, 4) is 22.4 Å². The number of fused-ring (bicyclic) bond motifs is 1. The van der Waals surface area contributed by atoms with E-state index in [1.54, 1.807) is 19.2 Å². The summed E-state index contributed by atoms with van der Waals surface area (Å²) in [4.78, 5) is 33.8. The average Bonchev–Trinajstić information content (AvgIpc) is 3.38. The number of nitro benzene ring substituents is 1. The highest BCUT2D eigenvalue weighted by molar-refractivity contribution is 5.79. The summed E-state index contributed by atoms with van der Waals surface area (Å²) >= 11 is 0. The Morgan fingerprint density at radius 1 is 1.00 bits per heavy atom. The van der Waals surface area contributed by atoms with Crippen molar-refractivity contribution in [2.75, 3.05) is 33.3 Å². The highest BCUT2D eigenvalue weighted by atomic mass is 16.6. The molecular formula is C33H37N5O4. The van der Waals surface area contributed by atoms with Gasteiger partial charge in [0.15, 0.2) is 0 Å². The van der Waals surface area contributed by atoms with Gasteiger partial charge in [-0.1, -0.05) is 48.4 Å². The van der Waals surface area contributed by atoms with Crippen LogP contribution < -0.4 is 0 Å². The number of nitrogens with zero attached hydrogens (tertiary/aromatic N) is 5. The van der Waals surface area contributed by atoms with Gasteiger partial charge < -0.3 is 14.0 Å². The Morgan fingerprint density at radius 2 is 1.76 bits per heavy atom. The van der Waals surface area contributed by atoms with Gasteiger partial charge in [0.2, 0.25) is 5.91 Å². The molecule has 4 aromatic rings. The van der Waals surface area contributed by atoms with E-state index >= 15 is 0 Å². The molecule has 2 atom stereocenters. The molecule has 2 aromatic carbocycles. The molecule has 3 heterocycles. The minimum Gasteiger partial charge on any atom is -0.381 e. The predicted molar refractivity (Wildman–Crippen MR) is 162 cm³/mol. The maximum absolute atomic E-state index is 13.3. The lowest BCUT2D eigenvalue weighted by molar-refractivity contribution is -0.384. The van der Waals surface area contributed by atoms with Crippen LogP contribution in [0.2, 0.25) is 0 Å². The number of carbonyl (C=O) groups is 1. The molecule has 2 aromatic heterocycles. The van der Waals surface area contributed by atoms with Gasteiger partial charge in [-0.25, -0.2) is 4.98 Å². The number of carbonyl (C=O) groups excluding carboxylic acids is 1. The summed E-state index contributed by atoms with van der Waals surface area (Å²) in [6.45, 7) is 5.75. The summed E-state index contributed by atoms with van der Waals surface area (Å²) in [6, 6.07) is 19.1. The van der Waals surface area contributed by atoms with E-state index in [4.69, 9.17) is 9.72 Å². The van der Waals surface area contributed by atoms with Crippen LogP contribution in [0.5, 0.6) is 0 Å². The molecule has 1 saturated heterocycles. The van der Waals surface area contributed by atoms with Gasteiger partial charge >= 0.3 is 0 Å². The molecule has 42 heavy (non-hydrogen) atoms. The van der Waals surface area contributed by atoms with Gasteiger partial charge in [0.25, 0.3) is 5.69 Å². The Bertz CT molecular complexity index is 1590. The number of nitro groups is 1. The minimum absolute atomic E-state index is 0.0643. The van der Waals surface area contributed by atoms with Gasteiger partial charge in [0.05, 0.1) is 22.4 Å². The van der Waals surface area contributed by atoms with E-state index in [-0.39, 0.29) is 28.5 Å². The number of ether oxygens (including phenoxy) is 1. The normalized spacial score (nSPS) is 19.7. The molecule has 1 aliphatic carbocycles. The van der Waals surface area contributed by atoms with Gasteiger partial charge in [-0.15, -0.1) is 0 Å². The fourth-order valence-electron chi connectivity index (χ4n) is 6.34. The second-order valence-corrected chi connectivity index (χ2v) is 11.5. The number of amides is 1. The van der Waals surface area contributed by atoms with Crippen molar-refractivity contribution in [1.82, 2.24) is 19.2 Å². The van der Waals surface area contributed by atoms with Gasteiger partial charge in [0, 0.05) is 69.6 Å². The molecule has 9 nitrogen and oxygen atoms in total. The van der Waals surface area contributed by atoms with Crippen LogP contribution >= 0.6 is 0 Å². The Hall–Kier alpha value is -4.08. The molecule has 0 bridgehead atoms. The molecule has 1 saturated carbocycles. The highest BCUT2D eigenvalue weighted by Crippen LogP contribution is 2.31. The second kappa shape index (κ2) is 12.0. The van der Waals surface area contributed by atoms with E-state index in [0.717, 1.165) is 72.5 Å². The van der Waals surface area contributed by atoms with Crippen molar-refractivity contribution in [2.24, 2.45) is 5.92 Å². The van der Waals surface area contributed by atoms with Crippen LogP contribution in [0, 0.1) is 23.0 Å². The van der Waals surface area contributed by atoms with Gasteiger partial charge in [0.1, 0.15) is 5.65 Å². The SMILES string of the molecule is CO[C@H]1CCC[C@H](C(=O)N2CCN(Cc3c(-c4ccc(C)cc4)nc4ccc(-c5cccc([N+](=O)[O-])c5)cn34)CC2)C1. The van der Waals surface area contributed by atoms with E-state index in [0.29, 0.717) is 19.6 Å². The molecule has 218 valence electrons. The molecule has 6 rings (SSSR count). The summed E-state index contributed by atoms with van der Waals surface area (Å²) < 4.78 is 7.68.